The molecule has 2 aliphatic rings. The summed E-state index contributed by atoms with van der Waals surface area (Å²) in [6.07, 6.45) is 5.55. The van der Waals surface area contributed by atoms with Crippen molar-refractivity contribution in [3.8, 4) is 11.4 Å². The molecule has 10 nitrogen and oxygen atoms in total. The molecule has 4 heterocycles. The van der Waals surface area contributed by atoms with E-state index in [1.54, 1.807) is 15.5 Å². The number of nitrogens with zero attached hydrogens (tertiary/aromatic N) is 6. The minimum Gasteiger partial charge on any atom is -0.399 e. The Balaban J connectivity index is 1.27. The molecule has 0 unspecified atom stereocenters. The number of tetrazole rings is 1. The minimum atomic E-state index is -0.527. The van der Waals surface area contributed by atoms with Crippen LogP contribution in [0.4, 0.5) is 5.69 Å². The lowest BCUT2D eigenvalue weighted by Gasteiger charge is -2.32. The number of aromatic nitrogens is 6. The van der Waals surface area contributed by atoms with E-state index in [1.807, 2.05) is 71.1 Å². The van der Waals surface area contributed by atoms with Crippen molar-refractivity contribution in [2.45, 2.75) is 64.7 Å². The first kappa shape index (κ1) is 22.9. The molecule has 1 aliphatic heterocycles. The van der Waals surface area contributed by atoms with Crippen LogP contribution in [0.2, 0.25) is 0 Å². The number of fused-ring (bicyclic) bond motifs is 1. The van der Waals surface area contributed by atoms with Gasteiger partial charge in [0.15, 0.2) is 0 Å². The smallest absolute Gasteiger partial charge is 0.399 e. The van der Waals surface area contributed by atoms with Crippen molar-refractivity contribution in [3.05, 3.63) is 53.9 Å². The molecule has 11 heteroatoms. The Labute approximate surface area is 209 Å². The highest BCUT2D eigenvalue weighted by Gasteiger charge is 2.51. The Kier molecular flexibility index (Phi) is 5.06. The molecule has 1 aliphatic carbocycles. The van der Waals surface area contributed by atoms with Gasteiger partial charge >= 0.3 is 7.12 Å². The van der Waals surface area contributed by atoms with Gasteiger partial charge < -0.3 is 14.6 Å². The van der Waals surface area contributed by atoms with Crippen LogP contribution in [0.25, 0.3) is 16.9 Å². The fourth-order valence-electron chi connectivity index (χ4n) is 4.18. The number of carbonyl (C=O) groups is 1. The molecular weight excluding hydrogens is 457 g/mol. The minimum absolute atomic E-state index is 0.258. The van der Waals surface area contributed by atoms with E-state index in [0.717, 1.165) is 29.4 Å². The molecule has 0 bridgehead atoms. The molecule has 1 saturated heterocycles. The second-order valence-electron chi connectivity index (χ2n) is 10.6. The maximum atomic E-state index is 13.4. The fraction of sp³-hybridized carbons (Fsp3) is 0.400. The lowest BCUT2D eigenvalue weighted by atomic mass is 9.79. The highest BCUT2D eigenvalue weighted by Crippen LogP contribution is 2.36. The van der Waals surface area contributed by atoms with Crippen LogP contribution in [-0.4, -0.2) is 54.0 Å². The first-order chi connectivity index (χ1) is 17.1. The molecule has 1 amide bonds. The highest BCUT2D eigenvalue weighted by molar-refractivity contribution is 6.62. The van der Waals surface area contributed by atoms with Gasteiger partial charge in [-0.25, -0.2) is 4.52 Å². The van der Waals surface area contributed by atoms with Gasteiger partial charge in [-0.1, -0.05) is 12.1 Å². The van der Waals surface area contributed by atoms with Crippen molar-refractivity contribution >= 4 is 29.7 Å². The normalized spacial score (nSPS) is 18.6. The summed E-state index contributed by atoms with van der Waals surface area (Å²) in [6, 6.07) is 9.91. The van der Waals surface area contributed by atoms with Crippen LogP contribution < -0.4 is 10.8 Å². The van der Waals surface area contributed by atoms with E-state index in [1.165, 1.54) is 0 Å². The number of hydrogen-bond acceptors (Lipinski definition) is 7. The van der Waals surface area contributed by atoms with Gasteiger partial charge in [-0.05, 0) is 81.9 Å². The van der Waals surface area contributed by atoms with Gasteiger partial charge in [-0.15, -0.1) is 10.2 Å². The summed E-state index contributed by atoms with van der Waals surface area (Å²) in [6.45, 7) is 10.0. The summed E-state index contributed by atoms with van der Waals surface area (Å²) in [5.41, 5.74) is 3.46. The van der Waals surface area contributed by atoms with Gasteiger partial charge in [0.1, 0.15) is 0 Å². The summed E-state index contributed by atoms with van der Waals surface area (Å²) < 4.78 is 14.1. The van der Waals surface area contributed by atoms with Crippen LogP contribution in [0.15, 0.2) is 42.7 Å². The Bertz CT molecular complexity index is 1470. The first-order valence-electron chi connectivity index (χ1n) is 12.2. The topological polar surface area (TPSA) is 108 Å². The van der Waals surface area contributed by atoms with Crippen molar-refractivity contribution in [1.82, 2.24) is 29.8 Å². The zero-order chi connectivity index (χ0) is 25.2. The van der Waals surface area contributed by atoms with Crippen LogP contribution in [0.5, 0.6) is 0 Å². The number of rotatable bonds is 5. The summed E-state index contributed by atoms with van der Waals surface area (Å²) >= 11 is 0. The lowest BCUT2D eigenvalue weighted by Crippen LogP contribution is -2.41. The number of benzene rings is 1. The van der Waals surface area contributed by atoms with Crippen LogP contribution in [-0.2, 0) is 9.31 Å². The Hall–Kier alpha value is -3.57. The van der Waals surface area contributed by atoms with Gasteiger partial charge in [-0.3, -0.25) is 4.79 Å². The lowest BCUT2D eigenvalue weighted by molar-refractivity contribution is 0.00578. The standard InChI is InChI=1S/C25H28BN7O3/c1-15-6-7-16(22-29-31-33(30-22)18-8-9-18)12-20(15)28-23(34)19-14-27-32-11-10-17(13-21(19)32)26-35-24(2,3)25(4,5)36-26/h6-7,10-14,18H,8-9H2,1-5H3,(H,28,34). The van der Waals surface area contributed by atoms with E-state index < -0.39 is 18.3 Å². The summed E-state index contributed by atoms with van der Waals surface area (Å²) in [5.74, 6) is 0.284. The second kappa shape index (κ2) is 7.97. The van der Waals surface area contributed by atoms with Crippen LogP contribution in [0.3, 0.4) is 0 Å². The first-order valence-corrected chi connectivity index (χ1v) is 12.2. The second-order valence-corrected chi connectivity index (χ2v) is 10.6. The summed E-state index contributed by atoms with van der Waals surface area (Å²) in [7, 11) is -0.527. The van der Waals surface area contributed by atoms with E-state index in [-0.39, 0.29) is 5.91 Å². The summed E-state index contributed by atoms with van der Waals surface area (Å²) in [5, 5.41) is 20.2. The van der Waals surface area contributed by atoms with Crippen molar-refractivity contribution in [3.63, 3.8) is 0 Å². The molecule has 0 spiro atoms. The largest absolute Gasteiger partial charge is 0.494 e. The molecule has 4 aromatic rings. The average molecular weight is 485 g/mol. The SMILES string of the molecule is Cc1ccc(-c2nnn(C3CC3)n2)cc1NC(=O)c1cnn2ccc(B3OC(C)(C)C(C)(C)O3)cc12. The Morgan fingerprint density at radius 3 is 2.58 bits per heavy atom. The fourth-order valence-corrected chi connectivity index (χ4v) is 4.18. The third kappa shape index (κ3) is 3.88. The maximum absolute atomic E-state index is 13.4. The van der Waals surface area contributed by atoms with E-state index in [4.69, 9.17) is 9.31 Å². The monoisotopic (exact) mass is 485 g/mol. The molecule has 6 rings (SSSR count). The van der Waals surface area contributed by atoms with Crippen LogP contribution >= 0.6 is 0 Å². The molecular formula is C25H28BN7O3. The van der Waals surface area contributed by atoms with E-state index in [9.17, 15) is 4.79 Å². The number of anilines is 1. The van der Waals surface area contributed by atoms with Crippen molar-refractivity contribution in [2.75, 3.05) is 5.32 Å². The third-order valence-electron chi connectivity index (χ3n) is 7.36. The number of hydrogen-bond donors (Lipinski definition) is 1. The Morgan fingerprint density at radius 2 is 1.86 bits per heavy atom. The van der Waals surface area contributed by atoms with Gasteiger partial charge in [0.2, 0.25) is 5.82 Å². The summed E-state index contributed by atoms with van der Waals surface area (Å²) in [4.78, 5) is 15.0. The predicted octanol–water partition coefficient (Wildman–Crippen LogP) is 3.18. The number of pyridine rings is 1. The van der Waals surface area contributed by atoms with Crippen molar-refractivity contribution < 1.29 is 14.1 Å². The van der Waals surface area contributed by atoms with Gasteiger partial charge in [0, 0.05) is 17.4 Å². The molecule has 1 saturated carbocycles. The van der Waals surface area contributed by atoms with Crippen LogP contribution in [0.1, 0.15) is 62.5 Å². The third-order valence-corrected chi connectivity index (χ3v) is 7.36. The zero-order valence-electron chi connectivity index (χ0n) is 21.0. The Morgan fingerprint density at radius 1 is 1.11 bits per heavy atom. The van der Waals surface area contributed by atoms with Crippen molar-refractivity contribution in [2.24, 2.45) is 0 Å². The molecule has 1 aromatic carbocycles. The van der Waals surface area contributed by atoms with Crippen LogP contribution in [0, 0.1) is 6.92 Å². The van der Waals surface area contributed by atoms with Gasteiger partial charge in [0.25, 0.3) is 5.91 Å². The van der Waals surface area contributed by atoms with Gasteiger partial charge in [0.05, 0.1) is 34.5 Å². The number of nitrogens with one attached hydrogen (secondary N) is 1. The van der Waals surface area contributed by atoms with Gasteiger partial charge in [-0.2, -0.15) is 9.90 Å². The van der Waals surface area contributed by atoms with Crippen molar-refractivity contribution in [1.29, 1.82) is 0 Å². The van der Waals surface area contributed by atoms with E-state index in [2.05, 4.69) is 25.8 Å². The predicted molar refractivity (Wildman–Crippen MR) is 135 cm³/mol. The molecule has 0 atom stereocenters. The molecule has 0 radical (unpaired) electrons. The molecule has 36 heavy (non-hydrogen) atoms. The number of aryl methyl sites for hydroxylation is 1. The van der Waals surface area contributed by atoms with E-state index in [0.29, 0.717) is 28.6 Å². The zero-order valence-corrected chi connectivity index (χ0v) is 21.0. The number of carbonyl (C=O) groups excluding carboxylic acids is 1. The number of amides is 1. The maximum Gasteiger partial charge on any atom is 0.494 e. The quantitative estimate of drug-likeness (QED) is 0.433. The average Bonchev–Trinajstić information content (AvgIpc) is 3.31. The molecule has 3 aromatic heterocycles. The van der Waals surface area contributed by atoms with E-state index >= 15 is 0 Å². The molecule has 184 valence electrons. The highest BCUT2D eigenvalue weighted by atomic mass is 16.7. The molecule has 2 fully saturated rings. The molecule has 1 N–H and O–H groups in total.